The van der Waals surface area contributed by atoms with E-state index in [-0.39, 0.29) is 11.7 Å². The number of halogens is 1. The third-order valence-electron chi connectivity index (χ3n) is 5.69. The van der Waals surface area contributed by atoms with Gasteiger partial charge in [0.05, 0.1) is 0 Å². The van der Waals surface area contributed by atoms with Gasteiger partial charge in [0, 0.05) is 18.3 Å². The molecule has 3 heterocycles. The van der Waals surface area contributed by atoms with Gasteiger partial charge >= 0.3 is 0 Å². The number of aromatic nitrogens is 2. The van der Waals surface area contributed by atoms with Gasteiger partial charge in [0.25, 0.3) is 0 Å². The highest BCUT2D eigenvalue weighted by Gasteiger charge is 2.20. The van der Waals surface area contributed by atoms with Crippen LogP contribution in [-0.2, 0) is 0 Å². The van der Waals surface area contributed by atoms with Crippen molar-refractivity contribution in [3.63, 3.8) is 0 Å². The second-order valence-corrected chi connectivity index (χ2v) is 7.54. The summed E-state index contributed by atoms with van der Waals surface area (Å²) >= 11 is 0. The fourth-order valence-corrected chi connectivity index (χ4v) is 4.23. The zero-order valence-corrected chi connectivity index (χ0v) is 16.0. The normalized spacial score (nSPS) is 18.7. The van der Waals surface area contributed by atoms with Gasteiger partial charge in [-0.1, -0.05) is 36.4 Å². The van der Waals surface area contributed by atoms with E-state index in [0.29, 0.717) is 11.5 Å². The predicted molar refractivity (Wildman–Crippen MR) is 116 cm³/mol. The van der Waals surface area contributed by atoms with Crippen LogP contribution in [0.4, 0.5) is 10.2 Å². The molecule has 0 fully saturated rings. The first-order chi connectivity index (χ1) is 14.2. The summed E-state index contributed by atoms with van der Waals surface area (Å²) in [5.74, 6) is 0.476. The summed E-state index contributed by atoms with van der Waals surface area (Å²) in [6, 6.07) is 8.66. The highest BCUT2D eigenvalue weighted by Crippen LogP contribution is 2.40. The van der Waals surface area contributed by atoms with Crippen molar-refractivity contribution in [1.82, 2.24) is 15.3 Å². The molecule has 0 saturated heterocycles. The van der Waals surface area contributed by atoms with Crippen molar-refractivity contribution in [2.75, 3.05) is 12.3 Å². The second-order valence-electron chi connectivity index (χ2n) is 7.54. The minimum atomic E-state index is -0.255. The average Bonchev–Trinajstić information content (AvgIpc) is 3.13. The molecular weight excluding hydrogens is 363 g/mol. The molecule has 2 aromatic heterocycles. The molecule has 0 saturated carbocycles. The Morgan fingerprint density at radius 1 is 1.21 bits per heavy atom. The number of hydrogen-bond acceptors (Lipinski definition) is 3. The highest BCUT2D eigenvalue weighted by atomic mass is 19.1. The van der Waals surface area contributed by atoms with Gasteiger partial charge in [0.1, 0.15) is 5.82 Å². The lowest BCUT2D eigenvalue weighted by atomic mass is 9.89. The van der Waals surface area contributed by atoms with Gasteiger partial charge in [0.15, 0.2) is 0 Å². The van der Waals surface area contributed by atoms with Gasteiger partial charge in [-0.05, 0) is 82.7 Å². The maximum Gasteiger partial charge on any atom is 0.123 e. The lowest BCUT2D eigenvalue weighted by Crippen LogP contribution is -2.16. The minimum absolute atomic E-state index is 0.222. The van der Waals surface area contributed by atoms with Crippen LogP contribution in [0.2, 0.25) is 0 Å². The molecule has 0 amide bonds. The van der Waals surface area contributed by atoms with Crippen LogP contribution in [0, 0.1) is 5.82 Å². The number of nitrogens with two attached hydrogens (primary N) is 1. The Kier molecular flexibility index (Phi) is 4.43. The Labute approximate surface area is 169 Å². The van der Waals surface area contributed by atoms with Crippen molar-refractivity contribution in [1.29, 1.82) is 0 Å². The van der Waals surface area contributed by atoms with Gasteiger partial charge in [-0.3, -0.25) is 0 Å². The largest absolute Gasteiger partial charge is 0.435 e. The predicted octanol–water partition coefficient (Wildman–Crippen LogP) is 4.90. The monoisotopic (exact) mass is 385 g/mol. The topological polar surface area (TPSA) is 65.0 Å². The number of benzene rings is 1. The summed E-state index contributed by atoms with van der Waals surface area (Å²) in [4.78, 5) is 9.49. The number of allylic oxidation sites excluding steroid dienone is 5. The van der Waals surface area contributed by atoms with Gasteiger partial charge in [-0.2, -0.15) is 0 Å². The molecule has 0 spiro atoms. The first-order valence-electron chi connectivity index (χ1n) is 9.99. The zero-order valence-electron chi connectivity index (χ0n) is 16.0. The molecule has 5 rings (SSSR count). The standard InChI is InChI=1S/C24H22FN4/c25-18-8-6-17(7-9-18)22-21(16-10-12-27-13-11-16)20-14-19(15-4-2-1-3-5-15)23(26)29-24(20)28-22/h1-2,4,6-10,12,14,16,27H,3,5,11,13H2,(H2-,26,28,29)/q-1. The number of fused-ring (bicyclic) bond motifs is 1. The van der Waals surface area contributed by atoms with Crippen molar-refractivity contribution in [2.45, 2.75) is 25.2 Å². The van der Waals surface area contributed by atoms with E-state index in [1.54, 1.807) is 12.1 Å². The van der Waals surface area contributed by atoms with Crippen LogP contribution < -0.4 is 16.0 Å². The van der Waals surface area contributed by atoms with Crippen LogP contribution in [0.1, 0.15) is 36.3 Å². The van der Waals surface area contributed by atoms with Crippen LogP contribution in [0.5, 0.6) is 0 Å². The Hall–Kier alpha value is -3.34. The first kappa shape index (κ1) is 17.7. The summed E-state index contributed by atoms with van der Waals surface area (Å²) < 4.78 is 13.5. The SMILES string of the molecule is Nc1nc2[n-]c(-c3ccc(F)cc3)c(C3C=CNCC3)c2cc1C1=CC=CCC1. The van der Waals surface area contributed by atoms with E-state index in [0.717, 1.165) is 53.6 Å². The lowest BCUT2D eigenvalue weighted by molar-refractivity contribution is 0.628. The van der Waals surface area contributed by atoms with E-state index in [4.69, 9.17) is 10.7 Å². The molecule has 1 aromatic carbocycles. The van der Waals surface area contributed by atoms with Gasteiger partial charge < -0.3 is 21.0 Å². The molecule has 3 N–H and O–H groups in total. The van der Waals surface area contributed by atoms with Crippen molar-refractivity contribution < 1.29 is 4.39 Å². The van der Waals surface area contributed by atoms with Crippen LogP contribution in [-0.4, -0.2) is 11.5 Å². The van der Waals surface area contributed by atoms with E-state index in [2.05, 4.69) is 40.7 Å². The molecule has 3 aromatic rings. The number of nitrogens with one attached hydrogen (secondary N) is 1. The number of hydrogen-bond donors (Lipinski definition) is 2. The number of pyridine rings is 1. The summed E-state index contributed by atoms with van der Waals surface area (Å²) in [6.07, 6.45) is 13.5. The number of nitrogens with zero attached hydrogens (tertiary/aromatic N) is 2. The smallest absolute Gasteiger partial charge is 0.123 e. The summed E-state index contributed by atoms with van der Waals surface area (Å²) in [5, 5.41) is 4.29. The van der Waals surface area contributed by atoms with E-state index in [1.165, 1.54) is 17.7 Å². The molecule has 29 heavy (non-hydrogen) atoms. The molecule has 146 valence electrons. The van der Waals surface area contributed by atoms with Crippen LogP contribution in [0.3, 0.4) is 0 Å². The van der Waals surface area contributed by atoms with Crippen LogP contribution in [0.25, 0.3) is 27.9 Å². The van der Waals surface area contributed by atoms with Gasteiger partial charge in [-0.25, -0.2) is 4.39 Å². The summed E-state index contributed by atoms with van der Waals surface area (Å²) in [5.41, 5.74) is 12.1. The number of nitrogen functional groups attached to an aromatic ring is 1. The fourth-order valence-electron chi connectivity index (χ4n) is 4.23. The molecule has 5 heteroatoms. The number of anilines is 1. The Morgan fingerprint density at radius 3 is 2.79 bits per heavy atom. The van der Waals surface area contributed by atoms with Gasteiger partial charge in [0.2, 0.25) is 0 Å². The lowest BCUT2D eigenvalue weighted by Gasteiger charge is -2.21. The number of rotatable bonds is 3. The third-order valence-corrected chi connectivity index (χ3v) is 5.69. The highest BCUT2D eigenvalue weighted by molar-refractivity contribution is 5.93. The Morgan fingerprint density at radius 2 is 2.07 bits per heavy atom. The van der Waals surface area contributed by atoms with Crippen molar-refractivity contribution in [2.24, 2.45) is 0 Å². The van der Waals surface area contributed by atoms with Crippen molar-refractivity contribution in [3.8, 4) is 11.3 Å². The quantitative estimate of drug-likeness (QED) is 0.673. The molecule has 0 bridgehead atoms. The third kappa shape index (κ3) is 3.23. The molecular formula is C24H22FN4-. The van der Waals surface area contributed by atoms with E-state index in [9.17, 15) is 4.39 Å². The fraction of sp³-hybridized carbons (Fsp3) is 0.208. The molecule has 2 aliphatic rings. The molecule has 1 atom stereocenters. The maximum absolute atomic E-state index is 13.5. The Bertz CT molecular complexity index is 1150. The maximum atomic E-state index is 13.5. The second kappa shape index (κ2) is 7.24. The van der Waals surface area contributed by atoms with Crippen molar-refractivity contribution >= 4 is 22.4 Å². The van der Waals surface area contributed by atoms with Crippen LogP contribution in [0.15, 0.2) is 60.8 Å². The molecule has 0 radical (unpaired) electrons. The molecule has 1 aliphatic heterocycles. The van der Waals surface area contributed by atoms with Gasteiger partial charge in [-0.15, -0.1) is 0 Å². The summed E-state index contributed by atoms with van der Waals surface area (Å²) in [6.45, 7) is 0.905. The van der Waals surface area contributed by atoms with Crippen molar-refractivity contribution in [3.05, 3.63) is 77.8 Å². The average molecular weight is 385 g/mol. The zero-order chi connectivity index (χ0) is 19.8. The molecule has 1 aliphatic carbocycles. The first-order valence-corrected chi connectivity index (χ1v) is 9.99. The van der Waals surface area contributed by atoms with E-state index < -0.39 is 0 Å². The summed E-state index contributed by atoms with van der Waals surface area (Å²) in [7, 11) is 0. The van der Waals surface area contributed by atoms with Crippen LogP contribution >= 0.6 is 0 Å². The minimum Gasteiger partial charge on any atom is -0.435 e. The van der Waals surface area contributed by atoms with E-state index in [1.807, 2.05) is 6.20 Å². The Balaban J connectivity index is 1.74. The molecule has 1 unspecified atom stereocenters. The molecule has 4 nitrogen and oxygen atoms in total. The van der Waals surface area contributed by atoms with E-state index >= 15 is 0 Å².